The predicted molar refractivity (Wildman–Crippen MR) is 82.9 cm³/mol. The Bertz CT molecular complexity index is 679. The third-order valence-electron chi connectivity index (χ3n) is 3.60. The molecule has 0 aliphatic heterocycles. The Morgan fingerprint density at radius 1 is 1.43 bits per heavy atom. The Kier molecular flexibility index (Phi) is 4.71. The van der Waals surface area contributed by atoms with Crippen molar-refractivity contribution in [3.05, 3.63) is 23.4 Å². The molecule has 0 spiro atoms. The minimum atomic E-state index is -0.970. The first-order valence-electron chi connectivity index (χ1n) is 7.51. The van der Waals surface area contributed by atoms with Crippen molar-refractivity contribution in [2.24, 2.45) is 0 Å². The fourth-order valence-corrected chi connectivity index (χ4v) is 3.00. The lowest BCUT2D eigenvalue weighted by molar-refractivity contribution is -0.145. The minimum Gasteiger partial charge on any atom is -0.480 e. The Balaban J connectivity index is 1.49. The zero-order valence-electron chi connectivity index (χ0n) is 12.5. The highest BCUT2D eigenvalue weighted by Crippen LogP contribution is 2.27. The van der Waals surface area contributed by atoms with E-state index in [1.165, 1.54) is 16.2 Å². The van der Waals surface area contributed by atoms with Crippen molar-refractivity contribution in [2.45, 2.75) is 38.1 Å². The monoisotopic (exact) mass is 335 g/mol. The molecule has 0 aromatic carbocycles. The second kappa shape index (κ2) is 6.91. The summed E-state index contributed by atoms with van der Waals surface area (Å²) in [5.74, 6) is -0.0279. The smallest absolute Gasteiger partial charge is 0.323 e. The first kappa shape index (κ1) is 15.7. The molecule has 2 aromatic rings. The summed E-state index contributed by atoms with van der Waals surface area (Å²) in [7, 11) is 0. The molecule has 1 saturated carbocycles. The predicted octanol–water partition coefficient (Wildman–Crippen LogP) is 2.20. The molecule has 0 bridgehead atoms. The lowest BCUT2D eigenvalue weighted by atomic mass is 10.2. The van der Waals surface area contributed by atoms with Crippen molar-refractivity contribution in [1.82, 2.24) is 15.0 Å². The van der Waals surface area contributed by atoms with Crippen LogP contribution < -0.4 is 0 Å². The van der Waals surface area contributed by atoms with Crippen LogP contribution >= 0.6 is 11.3 Å². The molecule has 122 valence electrons. The van der Waals surface area contributed by atoms with E-state index >= 15 is 0 Å². The van der Waals surface area contributed by atoms with Gasteiger partial charge in [-0.25, -0.2) is 0 Å². The van der Waals surface area contributed by atoms with Crippen LogP contribution in [0.1, 0.15) is 31.6 Å². The van der Waals surface area contributed by atoms with Crippen LogP contribution in [0, 0.1) is 0 Å². The van der Waals surface area contributed by atoms with Gasteiger partial charge in [-0.05, 0) is 30.7 Å². The van der Waals surface area contributed by atoms with Crippen LogP contribution in [0.5, 0.6) is 0 Å². The van der Waals surface area contributed by atoms with Gasteiger partial charge in [0.1, 0.15) is 6.54 Å². The number of thiophene rings is 1. The molecule has 1 aliphatic rings. The van der Waals surface area contributed by atoms with E-state index in [9.17, 15) is 9.59 Å². The molecule has 0 radical (unpaired) electrons. The molecular weight excluding hydrogens is 318 g/mol. The van der Waals surface area contributed by atoms with E-state index in [4.69, 9.17) is 9.63 Å². The molecule has 2 aromatic heterocycles. The van der Waals surface area contributed by atoms with Gasteiger partial charge in [-0.15, -0.1) is 11.3 Å². The molecule has 3 rings (SSSR count). The van der Waals surface area contributed by atoms with Crippen LogP contribution in [0.15, 0.2) is 22.0 Å². The number of carboxylic acid groups (broad SMARTS) is 1. The van der Waals surface area contributed by atoms with Crippen LogP contribution in [-0.2, 0) is 16.0 Å². The number of carbonyl (C=O) groups is 2. The molecule has 2 heterocycles. The van der Waals surface area contributed by atoms with Gasteiger partial charge in [0.25, 0.3) is 0 Å². The first-order chi connectivity index (χ1) is 11.1. The van der Waals surface area contributed by atoms with Crippen molar-refractivity contribution >= 4 is 23.2 Å². The van der Waals surface area contributed by atoms with Gasteiger partial charge >= 0.3 is 5.97 Å². The maximum Gasteiger partial charge on any atom is 0.323 e. The third-order valence-corrected chi connectivity index (χ3v) is 4.47. The molecule has 0 unspecified atom stereocenters. The van der Waals surface area contributed by atoms with Gasteiger partial charge in [0.2, 0.25) is 17.6 Å². The van der Waals surface area contributed by atoms with Crippen LogP contribution in [0.4, 0.5) is 0 Å². The largest absolute Gasteiger partial charge is 0.480 e. The number of carboxylic acids is 1. The summed E-state index contributed by atoms with van der Waals surface area (Å²) >= 11 is 1.54. The zero-order valence-corrected chi connectivity index (χ0v) is 13.3. The molecule has 1 aliphatic carbocycles. The summed E-state index contributed by atoms with van der Waals surface area (Å²) in [6.45, 7) is -0.216. The second-order valence-electron chi connectivity index (χ2n) is 5.49. The molecule has 23 heavy (non-hydrogen) atoms. The number of nitrogens with zero attached hydrogens (tertiary/aromatic N) is 3. The number of carbonyl (C=O) groups excluding carboxylic acids is 1. The number of hydrogen-bond acceptors (Lipinski definition) is 6. The third kappa shape index (κ3) is 4.16. The maximum atomic E-state index is 12.1. The van der Waals surface area contributed by atoms with Gasteiger partial charge in [-0.3, -0.25) is 9.59 Å². The lowest BCUT2D eigenvalue weighted by Gasteiger charge is -2.19. The highest BCUT2D eigenvalue weighted by Gasteiger charge is 2.33. The highest BCUT2D eigenvalue weighted by atomic mass is 32.1. The van der Waals surface area contributed by atoms with E-state index in [1.54, 1.807) is 0 Å². The van der Waals surface area contributed by atoms with Crippen molar-refractivity contribution in [3.63, 3.8) is 0 Å². The van der Waals surface area contributed by atoms with Gasteiger partial charge in [-0.2, -0.15) is 4.98 Å². The van der Waals surface area contributed by atoms with Gasteiger partial charge < -0.3 is 14.5 Å². The summed E-state index contributed by atoms with van der Waals surface area (Å²) in [4.78, 5) is 29.7. The average Bonchev–Trinajstić information content (AvgIpc) is 3.01. The van der Waals surface area contributed by atoms with Gasteiger partial charge in [0, 0.05) is 18.9 Å². The van der Waals surface area contributed by atoms with Crippen molar-refractivity contribution in [2.75, 3.05) is 6.54 Å². The number of aliphatic carboxylic acids is 1. The van der Waals surface area contributed by atoms with Gasteiger partial charge in [0.05, 0.1) is 4.88 Å². The molecule has 1 N–H and O–H groups in total. The molecule has 1 amide bonds. The Morgan fingerprint density at radius 3 is 2.91 bits per heavy atom. The summed E-state index contributed by atoms with van der Waals surface area (Å²) in [6.07, 6.45) is 3.16. The number of aryl methyl sites for hydroxylation is 1. The maximum absolute atomic E-state index is 12.1. The van der Waals surface area contributed by atoms with E-state index in [1.807, 2.05) is 17.5 Å². The second-order valence-corrected chi connectivity index (χ2v) is 6.44. The van der Waals surface area contributed by atoms with E-state index in [0.29, 0.717) is 31.0 Å². The molecule has 0 atom stereocenters. The van der Waals surface area contributed by atoms with Crippen LogP contribution in [0.25, 0.3) is 10.7 Å². The van der Waals surface area contributed by atoms with Crippen molar-refractivity contribution in [1.29, 1.82) is 0 Å². The number of aromatic nitrogens is 2. The minimum absolute atomic E-state index is 0.104. The van der Waals surface area contributed by atoms with E-state index in [2.05, 4.69) is 10.1 Å². The van der Waals surface area contributed by atoms with Crippen molar-refractivity contribution in [3.8, 4) is 10.7 Å². The topological polar surface area (TPSA) is 96.5 Å². The molecule has 8 heteroatoms. The quantitative estimate of drug-likeness (QED) is 0.794. The molecular formula is C15H17N3O4S. The fourth-order valence-electron chi connectivity index (χ4n) is 2.35. The highest BCUT2D eigenvalue weighted by molar-refractivity contribution is 7.13. The summed E-state index contributed by atoms with van der Waals surface area (Å²) in [5.41, 5.74) is 0. The number of hydrogen-bond donors (Lipinski definition) is 1. The number of rotatable bonds is 8. The average molecular weight is 335 g/mol. The van der Waals surface area contributed by atoms with Crippen LogP contribution in [0.3, 0.4) is 0 Å². The molecule has 0 saturated heterocycles. The Hall–Kier alpha value is -2.22. The van der Waals surface area contributed by atoms with E-state index in [-0.39, 0.29) is 18.5 Å². The van der Waals surface area contributed by atoms with E-state index < -0.39 is 5.97 Å². The summed E-state index contributed by atoms with van der Waals surface area (Å²) in [6, 6.07) is 3.94. The summed E-state index contributed by atoms with van der Waals surface area (Å²) < 4.78 is 5.18. The Labute approximate surface area is 136 Å². The SMILES string of the molecule is O=C(O)CN(C(=O)CCCc1nc(-c2cccs2)no1)C1CC1. The molecule has 1 fully saturated rings. The summed E-state index contributed by atoms with van der Waals surface area (Å²) in [5, 5.41) is 14.7. The standard InChI is InChI=1S/C15H17N3O4S/c19-13(18(9-14(20)21)10-6-7-10)5-1-4-12-16-15(17-22-12)11-3-2-8-23-11/h2-3,8,10H,1,4-7,9H2,(H,20,21). The fraction of sp³-hybridized carbons (Fsp3) is 0.467. The lowest BCUT2D eigenvalue weighted by Crippen LogP contribution is -2.37. The molecule has 7 nitrogen and oxygen atoms in total. The van der Waals surface area contributed by atoms with Crippen LogP contribution in [-0.4, -0.2) is 44.6 Å². The van der Waals surface area contributed by atoms with Gasteiger partial charge in [-0.1, -0.05) is 11.2 Å². The Morgan fingerprint density at radius 2 is 2.26 bits per heavy atom. The zero-order chi connectivity index (χ0) is 16.2. The normalized spacial score (nSPS) is 13.9. The van der Waals surface area contributed by atoms with Crippen LogP contribution in [0.2, 0.25) is 0 Å². The van der Waals surface area contributed by atoms with Crippen molar-refractivity contribution < 1.29 is 19.2 Å². The van der Waals surface area contributed by atoms with E-state index in [0.717, 1.165) is 17.7 Å². The van der Waals surface area contributed by atoms with Gasteiger partial charge in [0.15, 0.2) is 0 Å². The first-order valence-corrected chi connectivity index (χ1v) is 8.39. The number of amides is 1.